The fourth-order valence-electron chi connectivity index (χ4n) is 1.59. The second-order valence-corrected chi connectivity index (χ2v) is 4.96. The molecule has 0 aromatic carbocycles. The summed E-state index contributed by atoms with van der Waals surface area (Å²) in [6.45, 7) is 6.13. The minimum absolute atomic E-state index is 0.110. The third-order valence-electron chi connectivity index (χ3n) is 2.25. The normalized spacial score (nSPS) is 30.5. The van der Waals surface area contributed by atoms with Crippen molar-refractivity contribution < 1.29 is 4.84 Å². The smallest absolute Gasteiger partial charge is 0.0813 e. The molecule has 1 saturated carbocycles. The van der Waals surface area contributed by atoms with Gasteiger partial charge in [-0.25, -0.2) is 0 Å². The van der Waals surface area contributed by atoms with Gasteiger partial charge < -0.3 is 5.73 Å². The standard InChI is InChI=1S/C10H22N2O/c1-10(2,3)13-12-9-6-4-5-8(11)7-9/h8-9,12H,4-7,11H2,1-3H3. The van der Waals surface area contributed by atoms with Gasteiger partial charge in [0.2, 0.25) is 0 Å². The predicted molar refractivity (Wildman–Crippen MR) is 54.2 cm³/mol. The first-order chi connectivity index (χ1) is 5.97. The van der Waals surface area contributed by atoms with Gasteiger partial charge in [-0.15, -0.1) is 0 Å². The van der Waals surface area contributed by atoms with Gasteiger partial charge in [-0.2, -0.15) is 5.48 Å². The van der Waals surface area contributed by atoms with Crippen molar-refractivity contribution >= 4 is 0 Å². The lowest BCUT2D eigenvalue weighted by Crippen LogP contribution is -2.42. The Morgan fingerprint density at radius 2 is 2.00 bits per heavy atom. The monoisotopic (exact) mass is 186 g/mol. The van der Waals surface area contributed by atoms with Gasteiger partial charge in [0.1, 0.15) is 0 Å². The maximum absolute atomic E-state index is 5.87. The number of hydrogen-bond donors (Lipinski definition) is 2. The first-order valence-electron chi connectivity index (χ1n) is 5.16. The van der Waals surface area contributed by atoms with Crippen molar-refractivity contribution in [3.63, 3.8) is 0 Å². The summed E-state index contributed by atoms with van der Waals surface area (Å²) in [5, 5.41) is 0. The van der Waals surface area contributed by atoms with E-state index in [4.69, 9.17) is 10.6 Å². The van der Waals surface area contributed by atoms with Gasteiger partial charge in [0.25, 0.3) is 0 Å². The highest BCUT2D eigenvalue weighted by molar-refractivity contribution is 4.78. The molecule has 0 bridgehead atoms. The van der Waals surface area contributed by atoms with E-state index in [2.05, 4.69) is 5.48 Å². The fraction of sp³-hybridized carbons (Fsp3) is 1.00. The van der Waals surface area contributed by atoms with Gasteiger partial charge in [0, 0.05) is 12.1 Å². The Morgan fingerprint density at radius 1 is 1.31 bits per heavy atom. The van der Waals surface area contributed by atoms with Gasteiger partial charge >= 0.3 is 0 Å². The van der Waals surface area contributed by atoms with Crippen LogP contribution in [0.15, 0.2) is 0 Å². The fourth-order valence-corrected chi connectivity index (χ4v) is 1.59. The molecule has 0 aromatic heterocycles. The summed E-state index contributed by atoms with van der Waals surface area (Å²) in [6.07, 6.45) is 4.60. The van der Waals surface area contributed by atoms with Crippen LogP contribution in [0.2, 0.25) is 0 Å². The van der Waals surface area contributed by atoms with E-state index in [1.54, 1.807) is 0 Å². The Balaban J connectivity index is 2.21. The van der Waals surface area contributed by atoms with Crippen LogP contribution in [-0.2, 0) is 4.84 Å². The molecule has 0 radical (unpaired) electrons. The van der Waals surface area contributed by atoms with Crippen molar-refractivity contribution in [2.75, 3.05) is 0 Å². The van der Waals surface area contributed by atoms with Gasteiger partial charge in [0.15, 0.2) is 0 Å². The van der Waals surface area contributed by atoms with Crippen molar-refractivity contribution in [2.24, 2.45) is 5.73 Å². The first kappa shape index (κ1) is 11.0. The summed E-state index contributed by atoms with van der Waals surface area (Å²) in [6, 6.07) is 0.804. The van der Waals surface area contributed by atoms with Gasteiger partial charge in [-0.05, 0) is 40.0 Å². The number of rotatable bonds is 2. The Labute approximate surface area is 81.0 Å². The molecule has 2 unspecified atom stereocenters. The third-order valence-corrected chi connectivity index (χ3v) is 2.25. The SMILES string of the molecule is CC(C)(C)ONC1CCCC(N)C1. The summed E-state index contributed by atoms with van der Waals surface area (Å²) < 4.78 is 0. The van der Waals surface area contributed by atoms with Crippen LogP contribution in [0.5, 0.6) is 0 Å². The summed E-state index contributed by atoms with van der Waals surface area (Å²) in [5.74, 6) is 0. The van der Waals surface area contributed by atoms with E-state index in [0.29, 0.717) is 12.1 Å². The van der Waals surface area contributed by atoms with Crippen LogP contribution >= 0.6 is 0 Å². The Hall–Kier alpha value is -0.120. The van der Waals surface area contributed by atoms with E-state index in [1.807, 2.05) is 20.8 Å². The molecule has 1 aliphatic rings. The van der Waals surface area contributed by atoms with E-state index in [0.717, 1.165) is 12.8 Å². The largest absolute Gasteiger partial charge is 0.328 e. The third kappa shape index (κ3) is 4.60. The van der Waals surface area contributed by atoms with E-state index >= 15 is 0 Å². The van der Waals surface area contributed by atoms with Crippen molar-refractivity contribution in [1.29, 1.82) is 0 Å². The highest BCUT2D eigenvalue weighted by Gasteiger charge is 2.21. The zero-order valence-electron chi connectivity index (χ0n) is 8.97. The number of nitrogens with one attached hydrogen (secondary N) is 1. The molecular weight excluding hydrogens is 164 g/mol. The van der Waals surface area contributed by atoms with Crippen LogP contribution in [0, 0.1) is 0 Å². The molecule has 78 valence electrons. The van der Waals surface area contributed by atoms with Crippen molar-refractivity contribution in [3.05, 3.63) is 0 Å². The Bertz CT molecular complexity index is 153. The highest BCUT2D eigenvalue weighted by Crippen LogP contribution is 2.17. The molecule has 0 heterocycles. The van der Waals surface area contributed by atoms with Crippen molar-refractivity contribution in [3.8, 4) is 0 Å². The Morgan fingerprint density at radius 3 is 2.54 bits per heavy atom. The second kappa shape index (κ2) is 4.40. The number of hydroxylamine groups is 1. The molecule has 1 rings (SSSR count). The molecule has 3 N–H and O–H groups in total. The summed E-state index contributed by atoms with van der Waals surface area (Å²) in [5.41, 5.74) is 8.87. The lowest BCUT2D eigenvalue weighted by Gasteiger charge is -2.30. The minimum Gasteiger partial charge on any atom is -0.328 e. The summed E-state index contributed by atoms with van der Waals surface area (Å²) >= 11 is 0. The molecule has 2 atom stereocenters. The zero-order valence-corrected chi connectivity index (χ0v) is 8.97. The zero-order chi connectivity index (χ0) is 9.90. The van der Waals surface area contributed by atoms with Gasteiger partial charge in [0.05, 0.1) is 5.60 Å². The first-order valence-corrected chi connectivity index (χ1v) is 5.16. The maximum Gasteiger partial charge on any atom is 0.0813 e. The van der Waals surface area contributed by atoms with Crippen LogP contribution in [0.1, 0.15) is 46.5 Å². The van der Waals surface area contributed by atoms with Gasteiger partial charge in [-0.1, -0.05) is 6.42 Å². The molecule has 0 spiro atoms. The van der Waals surface area contributed by atoms with Crippen LogP contribution < -0.4 is 11.2 Å². The van der Waals surface area contributed by atoms with Crippen LogP contribution in [-0.4, -0.2) is 17.7 Å². The van der Waals surface area contributed by atoms with Crippen molar-refractivity contribution in [1.82, 2.24) is 5.48 Å². The van der Waals surface area contributed by atoms with Crippen LogP contribution in [0.3, 0.4) is 0 Å². The average molecular weight is 186 g/mol. The molecule has 1 fully saturated rings. The topological polar surface area (TPSA) is 47.3 Å². The van der Waals surface area contributed by atoms with E-state index < -0.39 is 0 Å². The van der Waals surface area contributed by atoms with Gasteiger partial charge in [-0.3, -0.25) is 4.84 Å². The predicted octanol–water partition coefficient (Wildman–Crippen LogP) is 1.58. The molecule has 3 nitrogen and oxygen atoms in total. The van der Waals surface area contributed by atoms with E-state index in [-0.39, 0.29) is 5.60 Å². The lowest BCUT2D eigenvalue weighted by atomic mass is 9.92. The van der Waals surface area contributed by atoms with E-state index in [1.165, 1.54) is 12.8 Å². The summed E-state index contributed by atoms with van der Waals surface area (Å²) in [4.78, 5) is 5.51. The molecule has 0 aromatic rings. The molecular formula is C10H22N2O. The molecule has 0 amide bonds. The Kier molecular flexibility index (Phi) is 3.71. The molecule has 0 aliphatic heterocycles. The quantitative estimate of drug-likeness (QED) is 0.644. The maximum atomic E-state index is 5.87. The highest BCUT2D eigenvalue weighted by atomic mass is 16.7. The number of hydrogen-bond acceptors (Lipinski definition) is 3. The molecule has 3 heteroatoms. The van der Waals surface area contributed by atoms with E-state index in [9.17, 15) is 0 Å². The molecule has 1 aliphatic carbocycles. The minimum atomic E-state index is -0.110. The van der Waals surface area contributed by atoms with Crippen molar-refractivity contribution in [2.45, 2.75) is 64.1 Å². The van der Waals surface area contributed by atoms with Crippen LogP contribution in [0.4, 0.5) is 0 Å². The molecule has 0 saturated heterocycles. The van der Waals surface area contributed by atoms with Crippen LogP contribution in [0.25, 0.3) is 0 Å². The molecule has 13 heavy (non-hydrogen) atoms. The number of nitrogens with two attached hydrogens (primary N) is 1. The summed E-state index contributed by atoms with van der Waals surface area (Å²) in [7, 11) is 0. The second-order valence-electron chi connectivity index (χ2n) is 4.96. The average Bonchev–Trinajstić information content (AvgIpc) is 2.00. The lowest BCUT2D eigenvalue weighted by molar-refractivity contribution is -0.0933.